The topological polar surface area (TPSA) is 33.2 Å². The van der Waals surface area contributed by atoms with Gasteiger partial charge in [-0.1, -0.05) is 22.9 Å². The minimum Gasteiger partial charge on any atom is -0.288 e. The molecule has 1 aromatic heterocycles. The van der Waals surface area contributed by atoms with E-state index in [1.165, 1.54) is 11.3 Å². The van der Waals surface area contributed by atoms with Crippen LogP contribution in [0.1, 0.15) is 12.8 Å². The molecule has 3 nitrogen and oxygen atoms in total. The molecule has 0 saturated carbocycles. The Kier molecular flexibility index (Phi) is 2.33. The van der Waals surface area contributed by atoms with Crippen LogP contribution in [0.5, 0.6) is 0 Å². The highest BCUT2D eigenvalue weighted by molar-refractivity contribution is 7.22. The van der Waals surface area contributed by atoms with Crippen molar-refractivity contribution < 1.29 is 4.79 Å². The second-order valence-corrected chi connectivity index (χ2v) is 5.20. The van der Waals surface area contributed by atoms with E-state index in [1.807, 2.05) is 18.2 Å². The van der Waals surface area contributed by atoms with Gasteiger partial charge in [-0.3, -0.25) is 9.69 Å². The van der Waals surface area contributed by atoms with Gasteiger partial charge in [0.15, 0.2) is 5.13 Å². The molecular weight excluding hydrogens is 244 g/mol. The van der Waals surface area contributed by atoms with Crippen LogP contribution in [0.4, 0.5) is 5.13 Å². The average Bonchev–Trinajstić information content (AvgIpc) is 2.82. The predicted molar refractivity (Wildman–Crippen MR) is 66.2 cm³/mol. The second kappa shape index (κ2) is 3.71. The zero-order valence-electron chi connectivity index (χ0n) is 8.44. The summed E-state index contributed by atoms with van der Waals surface area (Å²) < 4.78 is 1.03. The van der Waals surface area contributed by atoms with Gasteiger partial charge in [-0.2, -0.15) is 0 Å². The molecule has 3 rings (SSSR count). The number of hydrogen-bond donors (Lipinski definition) is 0. The standard InChI is InChI=1S/C11H9ClN2OS/c12-7-3-4-8-9(6-7)16-11(13-8)14-5-1-2-10(14)15/h3-4,6H,1-2,5H2. The zero-order chi connectivity index (χ0) is 11.1. The van der Waals surface area contributed by atoms with Crippen LogP contribution < -0.4 is 4.90 Å². The largest absolute Gasteiger partial charge is 0.288 e. The third kappa shape index (κ3) is 1.58. The van der Waals surface area contributed by atoms with Crippen molar-refractivity contribution in [2.45, 2.75) is 12.8 Å². The molecule has 1 aromatic carbocycles. The molecule has 5 heteroatoms. The Morgan fingerprint density at radius 3 is 3.06 bits per heavy atom. The van der Waals surface area contributed by atoms with Crippen molar-refractivity contribution in [3.63, 3.8) is 0 Å². The molecule has 0 spiro atoms. The first-order valence-corrected chi connectivity index (χ1v) is 6.30. The number of carbonyl (C=O) groups is 1. The highest BCUT2D eigenvalue weighted by atomic mass is 35.5. The van der Waals surface area contributed by atoms with Gasteiger partial charge in [0.2, 0.25) is 5.91 Å². The summed E-state index contributed by atoms with van der Waals surface area (Å²) in [5.41, 5.74) is 0.907. The molecule has 1 fully saturated rings. The summed E-state index contributed by atoms with van der Waals surface area (Å²) in [6.07, 6.45) is 1.56. The van der Waals surface area contributed by atoms with Crippen molar-refractivity contribution >= 4 is 44.2 Å². The first-order valence-electron chi connectivity index (χ1n) is 5.10. The van der Waals surface area contributed by atoms with E-state index in [0.29, 0.717) is 11.4 Å². The number of anilines is 1. The number of hydrogen-bond acceptors (Lipinski definition) is 3. The van der Waals surface area contributed by atoms with Gasteiger partial charge in [-0.05, 0) is 24.6 Å². The maximum Gasteiger partial charge on any atom is 0.228 e. The molecule has 1 amide bonds. The van der Waals surface area contributed by atoms with Crippen LogP contribution in [0.3, 0.4) is 0 Å². The summed E-state index contributed by atoms with van der Waals surface area (Å²) in [4.78, 5) is 17.8. The normalized spacial score (nSPS) is 16.3. The molecule has 0 unspecified atom stereocenters. The second-order valence-electron chi connectivity index (χ2n) is 3.76. The van der Waals surface area contributed by atoms with Gasteiger partial charge in [0, 0.05) is 18.0 Å². The summed E-state index contributed by atoms with van der Waals surface area (Å²) in [7, 11) is 0. The van der Waals surface area contributed by atoms with Crippen LogP contribution in [0.2, 0.25) is 5.02 Å². The first kappa shape index (κ1) is 10.1. The summed E-state index contributed by atoms with van der Waals surface area (Å²) in [6, 6.07) is 5.59. The van der Waals surface area contributed by atoms with Crippen LogP contribution in [0, 0.1) is 0 Å². The molecule has 1 saturated heterocycles. The minimum atomic E-state index is 0.171. The van der Waals surface area contributed by atoms with Crippen molar-refractivity contribution in [2.24, 2.45) is 0 Å². The molecule has 1 aliphatic rings. The van der Waals surface area contributed by atoms with E-state index < -0.39 is 0 Å². The Bertz CT molecular complexity index is 566. The number of carbonyl (C=O) groups excluding carboxylic acids is 1. The molecule has 0 N–H and O–H groups in total. The SMILES string of the molecule is O=C1CCCN1c1nc2ccc(Cl)cc2s1. The summed E-state index contributed by atoms with van der Waals surface area (Å²) in [5.74, 6) is 0.171. The molecule has 0 radical (unpaired) electrons. The van der Waals surface area contributed by atoms with Crippen LogP contribution in [-0.4, -0.2) is 17.4 Å². The predicted octanol–water partition coefficient (Wildman–Crippen LogP) is 3.08. The van der Waals surface area contributed by atoms with E-state index in [0.717, 1.165) is 28.3 Å². The van der Waals surface area contributed by atoms with E-state index in [1.54, 1.807) is 4.90 Å². The number of halogens is 1. The average molecular weight is 253 g/mol. The fourth-order valence-electron chi connectivity index (χ4n) is 1.85. The maximum absolute atomic E-state index is 11.6. The molecule has 1 aliphatic heterocycles. The summed E-state index contributed by atoms with van der Waals surface area (Å²) >= 11 is 7.44. The monoisotopic (exact) mass is 252 g/mol. The number of amides is 1. The number of fused-ring (bicyclic) bond motifs is 1. The lowest BCUT2D eigenvalue weighted by Gasteiger charge is -2.09. The Morgan fingerprint density at radius 2 is 2.31 bits per heavy atom. The molecule has 0 bridgehead atoms. The third-order valence-corrected chi connectivity index (χ3v) is 3.92. The Balaban J connectivity index is 2.08. The lowest BCUT2D eigenvalue weighted by Crippen LogP contribution is -2.23. The maximum atomic E-state index is 11.6. The van der Waals surface area contributed by atoms with Crippen molar-refractivity contribution in [1.29, 1.82) is 0 Å². The van der Waals surface area contributed by atoms with Gasteiger partial charge in [-0.25, -0.2) is 4.98 Å². The van der Waals surface area contributed by atoms with Gasteiger partial charge < -0.3 is 0 Å². The summed E-state index contributed by atoms with van der Waals surface area (Å²) in [6.45, 7) is 0.784. The van der Waals surface area contributed by atoms with Crippen LogP contribution in [-0.2, 0) is 4.79 Å². The van der Waals surface area contributed by atoms with Gasteiger partial charge in [0.25, 0.3) is 0 Å². The van der Waals surface area contributed by atoms with Crippen molar-refractivity contribution in [2.75, 3.05) is 11.4 Å². The van der Waals surface area contributed by atoms with E-state index in [2.05, 4.69) is 4.98 Å². The van der Waals surface area contributed by atoms with Crippen molar-refractivity contribution in [3.8, 4) is 0 Å². The first-order chi connectivity index (χ1) is 7.74. The van der Waals surface area contributed by atoms with Gasteiger partial charge in [0.1, 0.15) is 0 Å². The Hall–Kier alpha value is -1.13. The van der Waals surface area contributed by atoms with Gasteiger partial charge >= 0.3 is 0 Å². The Labute approximate surface area is 102 Å². The number of rotatable bonds is 1. The molecule has 2 heterocycles. The number of benzene rings is 1. The van der Waals surface area contributed by atoms with E-state index in [-0.39, 0.29) is 5.91 Å². The zero-order valence-corrected chi connectivity index (χ0v) is 10.0. The number of thiazole rings is 1. The molecule has 2 aromatic rings. The van der Waals surface area contributed by atoms with Gasteiger partial charge in [0.05, 0.1) is 10.2 Å². The molecular formula is C11H9ClN2OS. The molecule has 16 heavy (non-hydrogen) atoms. The van der Waals surface area contributed by atoms with Crippen LogP contribution in [0.15, 0.2) is 18.2 Å². The fourth-order valence-corrected chi connectivity index (χ4v) is 3.14. The Morgan fingerprint density at radius 1 is 1.44 bits per heavy atom. The highest BCUT2D eigenvalue weighted by Gasteiger charge is 2.24. The summed E-state index contributed by atoms with van der Waals surface area (Å²) in [5, 5.41) is 1.50. The van der Waals surface area contributed by atoms with Crippen molar-refractivity contribution in [3.05, 3.63) is 23.2 Å². The van der Waals surface area contributed by atoms with Crippen LogP contribution in [0.25, 0.3) is 10.2 Å². The van der Waals surface area contributed by atoms with E-state index in [4.69, 9.17) is 11.6 Å². The van der Waals surface area contributed by atoms with Crippen LogP contribution >= 0.6 is 22.9 Å². The molecule has 82 valence electrons. The number of nitrogens with zero attached hydrogens (tertiary/aromatic N) is 2. The fraction of sp³-hybridized carbons (Fsp3) is 0.273. The number of aromatic nitrogens is 1. The van der Waals surface area contributed by atoms with Gasteiger partial charge in [-0.15, -0.1) is 0 Å². The third-order valence-electron chi connectivity index (χ3n) is 2.64. The van der Waals surface area contributed by atoms with E-state index >= 15 is 0 Å². The minimum absolute atomic E-state index is 0.171. The highest BCUT2D eigenvalue weighted by Crippen LogP contribution is 2.32. The lowest BCUT2D eigenvalue weighted by molar-refractivity contribution is -0.117. The van der Waals surface area contributed by atoms with E-state index in [9.17, 15) is 4.79 Å². The quantitative estimate of drug-likeness (QED) is 0.782. The molecule has 0 atom stereocenters. The lowest BCUT2D eigenvalue weighted by atomic mass is 10.3. The van der Waals surface area contributed by atoms with Crippen molar-refractivity contribution in [1.82, 2.24) is 4.98 Å². The molecule has 0 aliphatic carbocycles. The smallest absolute Gasteiger partial charge is 0.228 e.